The largest absolute Gasteiger partial charge is 0.456 e. The molecule has 0 aliphatic heterocycles. The Morgan fingerprint density at radius 3 is 1.58 bits per heavy atom. The molecule has 0 N–H and O–H groups in total. The third-order valence-corrected chi connectivity index (χ3v) is 12.2. The van der Waals surface area contributed by atoms with Gasteiger partial charge in [0.1, 0.15) is 11.2 Å². The highest BCUT2D eigenvalue weighted by atomic mass is 16.3. The van der Waals surface area contributed by atoms with Crippen LogP contribution >= 0.6 is 0 Å². The Balaban J connectivity index is 1.16. The fourth-order valence-electron chi connectivity index (χ4n) is 9.56. The molecule has 0 spiro atoms. The summed E-state index contributed by atoms with van der Waals surface area (Å²) in [7, 11) is 0. The SMILES string of the molecule is c1ccc(-c2c(-c3ccccc3)c3cc(-c4ccccc4N(c4ccc5c(c4)oc4ccccc45)c4cc5ccccc5c5ccccc45)ccc3c3ccccc23)cc1. The maximum absolute atomic E-state index is 6.55. The Morgan fingerprint density at radius 2 is 0.817 bits per heavy atom. The molecule has 0 aliphatic carbocycles. The van der Waals surface area contributed by atoms with E-state index in [9.17, 15) is 0 Å². The monoisotopic (exact) mass is 763 g/mol. The molecule has 60 heavy (non-hydrogen) atoms. The van der Waals surface area contributed by atoms with Crippen molar-refractivity contribution < 1.29 is 4.42 Å². The van der Waals surface area contributed by atoms with Crippen LogP contribution in [0.1, 0.15) is 0 Å². The van der Waals surface area contributed by atoms with Crippen LogP contribution in [-0.2, 0) is 0 Å². The molecule has 1 aromatic heterocycles. The number of para-hydroxylation sites is 2. The van der Waals surface area contributed by atoms with Gasteiger partial charge in [-0.25, -0.2) is 0 Å². The van der Waals surface area contributed by atoms with Gasteiger partial charge >= 0.3 is 0 Å². The van der Waals surface area contributed by atoms with Gasteiger partial charge in [0.15, 0.2) is 0 Å². The molecule has 12 aromatic rings. The van der Waals surface area contributed by atoms with Crippen molar-refractivity contribution in [2.75, 3.05) is 4.90 Å². The molecule has 2 nitrogen and oxygen atoms in total. The Labute approximate surface area is 347 Å². The zero-order chi connectivity index (χ0) is 39.6. The number of fused-ring (bicyclic) bond motifs is 9. The van der Waals surface area contributed by atoms with Gasteiger partial charge < -0.3 is 9.32 Å². The van der Waals surface area contributed by atoms with E-state index in [-0.39, 0.29) is 0 Å². The second-order valence-corrected chi connectivity index (χ2v) is 15.6. The lowest BCUT2D eigenvalue weighted by Gasteiger charge is -2.29. The first-order valence-corrected chi connectivity index (χ1v) is 20.6. The molecule has 0 aliphatic rings. The maximum Gasteiger partial charge on any atom is 0.137 e. The number of furan rings is 1. The molecule has 0 atom stereocenters. The zero-order valence-corrected chi connectivity index (χ0v) is 32.7. The Morgan fingerprint density at radius 1 is 0.283 bits per heavy atom. The van der Waals surface area contributed by atoms with Gasteiger partial charge in [0.2, 0.25) is 0 Å². The lowest BCUT2D eigenvalue weighted by molar-refractivity contribution is 0.669. The number of rotatable bonds is 6. The third kappa shape index (κ3) is 5.42. The van der Waals surface area contributed by atoms with Crippen molar-refractivity contribution in [2.24, 2.45) is 0 Å². The average Bonchev–Trinajstić information content (AvgIpc) is 3.70. The first kappa shape index (κ1) is 34.1. The predicted molar refractivity (Wildman–Crippen MR) is 255 cm³/mol. The van der Waals surface area contributed by atoms with Gasteiger partial charge in [-0.15, -0.1) is 0 Å². The van der Waals surface area contributed by atoms with Crippen LogP contribution in [0.3, 0.4) is 0 Å². The van der Waals surface area contributed by atoms with Crippen LogP contribution in [0, 0.1) is 0 Å². The second-order valence-electron chi connectivity index (χ2n) is 15.6. The zero-order valence-electron chi connectivity index (χ0n) is 32.7. The van der Waals surface area contributed by atoms with E-state index in [1.807, 2.05) is 6.07 Å². The van der Waals surface area contributed by atoms with E-state index in [1.54, 1.807) is 0 Å². The molecule has 0 unspecified atom stereocenters. The minimum absolute atomic E-state index is 0.861. The molecular formula is C58H37NO. The summed E-state index contributed by atoms with van der Waals surface area (Å²) >= 11 is 0. The van der Waals surface area contributed by atoms with Gasteiger partial charge in [0.05, 0.1) is 11.4 Å². The summed E-state index contributed by atoms with van der Waals surface area (Å²) in [6, 6.07) is 81.4. The van der Waals surface area contributed by atoms with Crippen LogP contribution in [0.4, 0.5) is 17.1 Å². The van der Waals surface area contributed by atoms with Gasteiger partial charge in [0.25, 0.3) is 0 Å². The van der Waals surface area contributed by atoms with E-state index in [0.29, 0.717) is 0 Å². The molecular weight excluding hydrogens is 727 g/mol. The summed E-state index contributed by atoms with van der Waals surface area (Å²) in [6.45, 7) is 0. The van der Waals surface area contributed by atoms with E-state index in [2.05, 4.69) is 223 Å². The highest BCUT2D eigenvalue weighted by molar-refractivity contribution is 6.22. The van der Waals surface area contributed by atoms with E-state index in [0.717, 1.165) is 50.1 Å². The standard InChI is InChI=1S/C58H37NO/c1-3-17-38(18-4-1)57-51-28-12-10-25-46(51)47-33-31-41(35-52(47)58(57)39-19-5-2-6-20-39)44-23-13-15-29-53(44)59(42-32-34-50-49-27-14-16-30-55(49)60-56(50)37-42)54-36-40-21-7-8-22-43(40)45-24-9-11-26-48(45)54/h1-37H. The first-order chi connectivity index (χ1) is 29.8. The van der Waals surface area contributed by atoms with Crippen molar-refractivity contribution in [3.05, 3.63) is 224 Å². The molecule has 0 saturated heterocycles. The molecule has 0 bridgehead atoms. The van der Waals surface area contributed by atoms with Crippen LogP contribution in [0.25, 0.3) is 98.4 Å². The number of nitrogens with zero attached hydrogens (tertiary/aromatic N) is 1. The summed E-state index contributed by atoms with van der Waals surface area (Å²) in [5, 5.41) is 12.0. The molecule has 0 saturated carbocycles. The Bertz CT molecular complexity index is 3600. The summed E-state index contributed by atoms with van der Waals surface area (Å²) in [5.41, 5.74) is 12.1. The average molecular weight is 764 g/mol. The van der Waals surface area contributed by atoms with Crippen molar-refractivity contribution in [1.82, 2.24) is 0 Å². The normalized spacial score (nSPS) is 11.7. The number of anilines is 3. The van der Waals surface area contributed by atoms with Gasteiger partial charge in [0, 0.05) is 33.5 Å². The lowest BCUT2D eigenvalue weighted by atomic mass is 9.84. The molecule has 280 valence electrons. The van der Waals surface area contributed by atoms with E-state index in [4.69, 9.17) is 4.42 Å². The quantitative estimate of drug-likeness (QED) is 0.157. The van der Waals surface area contributed by atoms with Gasteiger partial charge in [-0.05, 0) is 102 Å². The predicted octanol–water partition coefficient (Wildman–Crippen LogP) is 16.7. The summed E-state index contributed by atoms with van der Waals surface area (Å²) in [5.74, 6) is 0. The maximum atomic E-state index is 6.55. The van der Waals surface area contributed by atoms with Crippen molar-refractivity contribution in [1.29, 1.82) is 0 Å². The highest BCUT2D eigenvalue weighted by Gasteiger charge is 2.23. The molecule has 0 fully saturated rings. The lowest BCUT2D eigenvalue weighted by Crippen LogP contribution is -2.12. The van der Waals surface area contributed by atoms with Crippen LogP contribution < -0.4 is 4.90 Å². The van der Waals surface area contributed by atoms with Gasteiger partial charge in [-0.2, -0.15) is 0 Å². The topological polar surface area (TPSA) is 16.4 Å². The van der Waals surface area contributed by atoms with Crippen molar-refractivity contribution in [3.63, 3.8) is 0 Å². The minimum atomic E-state index is 0.861. The highest BCUT2D eigenvalue weighted by Crippen LogP contribution is 2.49. The van der Waals surface area contributed by atoms with E-state index in [1.165, 1.54) is 65.3 Å². The summed E-state index contributed by atoms with van der Waals surface area (Å²) in [6.07, 6.45) is 0. The molecule has 0 amide bonds. The van der Waals surface area contributed by atoms with Crippen molar-refractivity contribution >= 4 is 82.1 Å². The smallest absolute Gasteiger partial charge is 0.137 e. The van der Waals surface area contributed by atoms with Crippen molar-refractivity contribution in [2.45, 2.75) is 0 Å². The van der Waals surface area contributed by atoms with Crippen molar-refractivity contribution in [3.8, 4) is 33.4 Å². The number of benzene rings is 11. The minimum Gasteiger partial charge on any atom is -0.456 e. The fraction of sp³-hybridized carbons (Fsp3) is 0. The molecule has 2 heteroatoms. The molecule has 0 radical (unpaired) electrons. The Hall–Kier alpha value is -7.94. The first-order valence-electron chi connectivity index (χ1n) is 20.6. The summed E-state index contributed by atoms with van der Waals surface area (Å²) in [4.78, 5) is 2.44. The number of hydrogen-bond acceptors (Lipinski definition) is 2. The van der Waals surface area contributed by atoms with E-state index >= 15 is 0 Å². The van der Waals surface area contributed by atoms with Crippen LogP contribution in [0.15, 0.2) is 229 Å². The van der Waals surface area contributed by atoms with Crippen LogP contribution in [0.2, 0.25) is 0 Å². The Kier molecular flexibility index (Phi) is 7.89. The van der Waals surface area contributed by atoms with Gasteiger partial charge in [-0.3, -0.25) is 0 Å². The second kappa shape index (κ2) is 13.9. The number of hydrogen-bond donors (Lipinski definition) is 0. The van der Waals surface area contributed by atoms with Gasteiger partial charge in [-0.1, -0.05) is 182 Å². The molecule has 12 rings (SSSR count). The molecule has 1 heterocycles. The fourth-order valence-corrected chi connectivity index (χ4v) is 9.56. The molecule has 11 aromatic carbocycles. The van der Waals surface area contributed by atoms with Crippen LogP contribution in [0.5, 0.6) is 0 Å². The third-order valence-electron chi connectivity index (χ3n) is 12.2. The van der Waals surface area contributed by atoms with E-state index < -0.39 is 0 Å². The van der Waals surface area contributed by atoms with Crippen LogP contribution in [-0.4, -0.2) is 0 Å². The summed E-state index contributed by atoms with van der Waals surface area (Å²) < 4.78 is 6.55.